The summed E-state index contributed by atoms with van der Waals surface area (Å²) in [6.45, 7) is 0. The molecule has 2 aromatic carbocycles. The van der Waals surface area contributed by atoms with Crippen molar-refractivity contribution in [3.63, 3.8) is 0 Å². The Morgan fingerprint density at radius 2 is 1.23 bits per heavy atom. The van der Waals surface area contributed by atoms with Crippen LogP contribution in [0.3, 0.4) is 0 Å². The smallest absolute Gasteiger partial charge is 0.00818 e. The zero-order valence-corrected chi connectivity index (χ0v) is 19.1. The van der Waals surface area contributed by atoms with Crippen molar-refractivity contribution in [1.82, 2.24) is 0 Å². The van der Waals surface area contributed by atoms with Crippen LogP contribution in [0.2, 0.25) is 0 Å². The molecule has 0 unspecified atom stereocenters. The van der Waals surface area contributed by atoms with E-state index in [1.165, 1.54) is 75.3 Å². The molecule has 0 amide bonds. The van der Waals surface area contributed by atoms with E-state index in [1.54, 1.807) is 16.4 Å². The van der Waals surface area contributed by atoms with Crippen molar-refractivity contribution in [3.05, 3.63) is 77.9 Å². The van der Waals surface area contributed by atoms with E-state index in [4.69, 9.17) is 0 Å². The van der Waals surface area contributed by atoms with Crippen molar-refractivity contribution in [2.75, 3.05) is 0 Å². The Kier molecular flexibility index (Phi) is 6.52. The van der Waals surface area contributed by atoms with Crippen LogP contribution in [0.25, 0.3) is 11.1 Å². The summed E-state index contributed by atoms with van der Waals surface area (Å²) in [6, 6.07) is 20.5. The van der Waals surface area contributed by atoms with Gasteiger partial charge in [0.15, 0.2) is 0 Å². The molecule has 5 rings (SSSR count). The van der Waals surface area contributed by atoms with Gasteiger partial charge in [0, 0.05) is 0 Å². The van der Waals surface area contributed by atoms with Crippen LogP contribution >= 0.6 is 7.92 Å². The molecule has 0 atom stereocenters. The molecule has 0 saturated heterocycles. The van der Waals surface area contributed by atoms with E-state index in [0.717, 1.165) is 17.7 Å². The van der Waals surface area contributed by atoms with Crippen LogP contribution in [0.15, 0.2) is 66.7 Å². The monoisotopic (exact) mass is 414 g/mol. The molecule has 0 N–H and O–H groups in total. The Balaban J connectivity index is 1.49. The van der Waals surface area contributed by atoms with Crippen LogP contribution in [-0.2, 0) is 0 Å². The summed E-state index contributed by atoms with van der Waals surface area (Å²) in [5.41, 5.74) is 7.79. The molecule has 0 aromatic heterocycles. The summed E-state index contributed by atoms with van der Waals surface area (Å²) in [4.78, 5) is 0. The van der Waals surface area contributed by atoms with Gasteiger partial charge in [0.1, 0.15) is 0 Å². The molecule has 2 fully saturated rings. The van der Waals surface area contributed by atoms with E-state index >= 15 is 0 Å². The molecule has 0 bridgehead atoms. The van der Waals surface area contributed by atoms with Crippen LogP contribution in [0.1, 0.15) is 81.8 Å². The van der Waals surface area contributed by atoms with Gasteiger partial charge in [0.25, 0.3) is 0 Å². The molecule has 3 aliphatic carbocycles. The minimum Gasteiger partial charge on any atom is -0.0722 e. The molecule has 0 nitrogen and oxygen atoms in total. The zero-order chi connectivity index (χ0) is 20.2. The fraction of sp³-hybridized carbons (Fsp3) is 0.448. The van der Waals surface area contributed by atoms with Crippen molar-refractivity contribution >= 4 is 24.4 Å². The maximum atomic E-state index is 2.52. The van der Waals surface area contributed by atoms with Gasteiger partial charge in [-0.15, -0.1) is 0 Å². The van der Waals surface area contributed by atoms with E-state index in [0.29, 0.717) is 0 Å². The lowest BCUT2D eigenvalue weighted by Crippen LogP contribution is -2.27. The third-order valence-electron chi connectivity index (χ3n) is 7.44. The van der Waals surface area contributed by atoms with E-state index in [1.807, 2.05) is 0 Å². The first-order valence-electron chi connectivity index (χ1n) is 12.2. The molecule has 3 aliphatic rings. The lowest BCUT2D eigenvalue weighted by atomic mass is 9.99. The van der Waals surface area contributed by atoms with Crippen molar-refractivity contribution < 1.29 is 0 Å². The SMILES string of the molecule is C1=C(c2ccccc2)C=C(c2ccccc2P(C2CCCCC2)C2CCCCC2)C1. The van der Waals surface area contributed by atoms with E-state index in [-0.39, 0.29) is 7.92 Å². The summed E-state index contributed by atoms with van der Waals surface area (Å²) in [7, 11) is -0.0615. The highest BCUT2D eigenvalue weighted by atomic mass is 31.1. The lowest BCUT2D eigenvalue weighted by molar-refractivity contribution is 0.487. The van der Waals surface area contributed by atoms with Gasteiger partial charge in [-0.3, -0.25) is 0 Å². The zero-order valence-electron chi connectivity index (χ0n) is 18.2. The van der Waals surface area contributed by atoms with Crippen LogP contribution in [-0.4, -0.2) is 11.3 Å². The molecule has 0 radical (unpaired) electrons. The number of hydrogen-bond acceptors (Lipinski definition) is 0. The third-order valence-corrected chi connectivity index (χ3v) is 11.0. The summed E-state index contributed by atoms with van der Waals surface area (Å²) in [5.74, 6) is 0. The molecular formula is C29H35P. The topological polar surface area (TPSA) is 0 Å². The number of allylic oxidation sites excluding steroid dienone is 4. The first kappa shape index (κ1) is 20.3. The molecular weight excluding hydrogens is 379 g/mol. The molecule has 2 aromatic rings. The predicted molar refractivity (Wildman–Crippen MR) is 134 cm³/mol. The molecule has 156 valence electrons. The first-order chi connectivity index (χ1) is 14.9. The maximum Gasteiger partial charge on any atom is -0.00818 e. The largest absolute Gasteiger partial charge is 0.0722 e. The van der Waals surface area contributed by atoms with E-state index in [9.17, 15) is 0 Å². The predicted octanol–water partition coefficient (Wildman–Crippen LogP) is 8.33. The Hall–Kier alpha value is -1.65. The lowest BCUT2D eigenvalue weighted by Gasteiger charge is -2.39. The molecule has 2 saturated carbocycles. The number of benzene rings is 2. The Labute approximate surface area is 184 Å². The summed E-state index contributed by atoms with van der Waals surface area (Å²) < 4.78 is 0. The Morgan fingerprint density at radius 3 is 1.90 bits per heavy atom. The van der Waals surface area contributed by atoms with Crippen LogP contribution in [0, 0.1) is 0 Å². The normalized spacial score (nSPS) is 21.0. The van der Waals surface area contributed by atoms with Gasteiger partial charge >= 0.3 is 0 Å². The maximum absolute atomic E-state index is 2.52. The first-order valence-corrected chi connectivity index (χ1v) is 13.7. The second-order valence-electron chi connectivity index (χ2n) is 9.41. The summed E-state index contributed by atoms with van der Waals surface area (Å²) in [5, 5.41) is 1.74. The second kappa shape index (κ2) is 9.65. The van der Waals surface area contributed by atoms with Crippen molar-refractivity contribution in [2.45, 2.75) is 81.9 Å². The van der Waals surface area contributed by atoms with Crippen LogP contribution in [0.4, 0.5) is 0 Å². The average molecular weight is 415 g/mol. The molecule has 0 aliphatic heterocycles. The van der Waals surface area contributed by atoms with Gasteiger partial charge in [-0.2, -0.15) is 0 Å². The van der Waals surface area contributed by atoms with Crippen molar-refractivity contribution in [3.8, 4) is 0 Å². The Morgan fingerprint density at radius 1 is 0.633 bits per heavy atom. The van der Waals surface area contributed by atoms with Gasteiger partial charge in [0.2, 0.25) is 0 Å². The quantitative estimate of drug-likeness (QED) is 0.431. The highest BCUT2D eigenvalue weighted by molar-refractivity contribution is 7.67. The van der Waals surface area contributed by atoms with Gasteiger partial charge in [-0.1, -0.05) is 113 Å². The van der Waals surface area contributed by atoms with Crippen molar-refractivity contribution in [2.24, 2.45) is 0 Å². The fourth-order valence-electron chi connectivity index (χ4n) is 5.93. The van der Waals surface area contributed by atoms with Crippen LogP contribution in [0.5, 0.6) is 0 Å². The molecule has 1 heteroatoms. The number of rotatable bonds is 5. The Bertz CT molecular complexity index is 877. The van der Waals surface area contributed by atoms with E-state index in [2.05, 4.69) is 66.7 Å². The molecule has 0 heterocycles. The third kappa shape index (κ3) is 4.36. The van der Waals surface area contributed by atoms with Gasteiger partial charge in [0.05, 0.1) is 0 Å². The highest BCUT2D eigenvalue weighted by Gasteiger charge is 2.33. The standard InChI is InChI=1S/C29H35P/c1-4-12-23(13-5-1)24-20-21-25(22-24)28-18-10-11-19-29(28)30(26-14-6-2-7-15-26)27-16-8-3-9-17-27/h1,4-5,10-13,18-20,22,26-27H,2-3,6-9,14-17,21H2. The van der Waals surface area contributed by atoms with E-state index < -0.39 is 0 Å². The minimum absolute atomic E-state index is 0.0615. The fourth-order valence-corrected chi connectivity index (χ4v) is 9.91. The minimum atomic E-state index is -0.0615. The summed E-state index contributed by atoms with van der Waals surface area (Å²) in [6.07, 6.45) is 20.7. The average Bonchev–Trinajstić information content (AvgIpc) is 3.32. The molecule has 0 spiro atoms. The second-order valence-corrected chi connectivity index (χ2v) is 12.2. The number of hydrogen-bond donors (Lipinski definition) is 0. The van der Waals surface area contributed by atoms with Gasteiger partial charge in [-0.05, 0) is 71.0 Å². The highest BCUT2D eigenvalue weighted by Crippen LogP contribution is 2.56. The molecule has 30 heavy (non-hydrogen) atoms. The van der Waals surface area contributed by atoms with Crippen molar-refractivity contribution in [1.29, 1.82) is 0 Å². The summed E-state index contributed by atoms with van der Waals surface area (Å²) >= 11 is 0. The van der Waals surface area contributed by atoms with Gasteiger partial charge in [-0.25, -0.2) is 0 Å². The van der Waals surface area contributed by atoms with Crippen LogP contribution < -0.4 is 5.30 Å². The van der Waals surface area contributed by atoms with Gasteiger partial charge < -0.3 is 0 Å².